The molecule has 5 heteroatoms. The van der Waals surface area contributed by atoms with E-state index in [1.165, 1.54) is 74.3 Å². The number of aryl methyl sites for hydroxylation is 2. The number of para-hydroxylation sites is 1. The fourth-order valence-electron chi connectivity index (χ4n) is 8.13. The van der Waals surface area contributed by atoms with Crippen LogP contribution in [0.3, 0.4) is 0 Å². The van der Waals surface area contributed by atoms with Crippen LogP contribution in [-0.4, -0.2) is 14.5 Å². The van der Waals surface area contributed by atoms with Crippen molar-refractivity contribution in [2.45, 2.75) is 25.7 Å². The van der Waals surface area contributed by atoms with Crippen LogP contribution in [0.2, 0.25) is 0 Å². The van der Waals surface area contributed by atoms with E-state index < -0.39 is 0 Å². The third-order valence-corrected chi connectivity index (χ3v) is 12.4. The summed E-state index contributed by atoms with van der Waals surface area (Å²) in [5.41, 5.74) is 9.68. The van der Waals surface area contributed by atoms with Crippen molar-refractivity contribution < 1.29 is 0 Å². The van der Waals surface area contributed by atoms with E-state index in [0.29, 0.717) is 0 Å². The fourth-order valence-corrected chi connectivity index (χ4v) is 10.5. The highest BCUT2D eigenvalue weighted by atomic mass is 32.1. The van der Waals surface area contributed by atoms with Crippen LogP contribution >= 0.6 is 22.7 Å². The Labute approximate surface area is 278 Å². The Hall–Kier alpha value is -5.10. The van der Waals surface area contributed by atoms with Gasteiger partial charge in [0.2, 0.25) is 0 Å². The first-order chi connectivity index (χ1) is 23.3. The molecule has 11 rings (SSSR count). The van der Waals surface area contributed by atoms with Gasteiger partial charge >= 0.3 is 0 Å². The molecule has 3 nitrogen and oxygen atoms in total. The fraction of sp³-hybridized carbons (Fsp3) is 0.0952. The zero-order chi connectivity index (χ0) is 30.6. The number of allylic oxidation sites excluding steroid dienone is 2. The topological polar surface area (TPSA) is 30.7 Å². The van der Waals surface area contributed by atoms with Crippen LogP contribution in [0.1, 0.15) is 34.4 Å². The summed E-state index contributed by atoms with van der Waals surface area (Å²) in [6, 6.07) is 33.1. The van der Waals surface area contributed by atoms with E-state index in [-0.39, 0.29) is 0 Å². The van der Waals surface area contributed by atoms with Gasteiger partial charge in [-0.15, -0.1) is 22.7 Å². The van der Waals surface area contributed by atoms with Crippen molar-refractivity contribution in [3.63, 3.8) is 0 Å². The van der Waals surface area contributed by atoms with E-state index in [9.17, 15) is 0 Å². The van der Waals surface area contributed by atoms with E-state index in [1.807, 2.05) is 11.3 Å². The molecule has 0 atom stereocenters. The predicted molar refractivity (Wildman–Crippen MR) is 202 cm³/mol. The SMILES string of the molecule is C1=Cc2sc3nc(-c4ccccc4)c(-n4c5ccccc5c5c6c(c7c(sc8ccc9ccccc9c87)c54)C=CCC6)nc3c2CC1. The van der Waals surface area contributed by atoms with Crippen molar-refractivity contribution in [1.82, 2.24) is 14.5 Å². The summed E-state index contributed by atoms with van der Waals surface area (Å²) in [5, 5.41) is 8.00. The lowest BCUT2D eigenvalue weighted by atomic mass is 9.88. The smallest absolute Gasteiger partial charge is 0.165 e. The molecule has 0 fully saturated rings. The van der Waals surface area contributed by atoms with Gasteiger partial charge in [0.1, 0.15) is 16.0 Å². The molecule has 0 bridgehead atoms. The molecule has 5 aromatic carbocycles. The summed E-state index contributed by atoms with van der Waals surface area (Å²) in [6.07, 6.45) is 13.4. The molecule has 47 heavy (non-hydrogen) atoms. The molecule has 4 heterocycles. The number of aromatic nitrogens is 3. The minimum atomic E-state index is 0.917. The van der Waals surface area contributed by atoms with Crippen LogP contribution in [0, 0.1) is 0 Å². The quantitative estimate of drug-likeness (QED) is 0.189. The average Bonchev–Trinajstić information content (AvgIpc) is 3.81. The molecule has 0 unspecified atom stereocenters. The number of hydrogen-bond donors (Lipinski definition) is 0. The lowest BCUT2D eigenvalue weighted by Crippen LogP contribution is -2.04. The summed E-state index contributed by atoms with van der Waals surface area (Å²) in [5.74, 6) is 0.917. The molecule has 0 amide bonds. The Morgan fingerprint density at radius 2 is 1.43 bits per heavy atom. The minimum Gasteiger partial charge on any atom is -0.290 e. The highest BCUT2D eigenvalue weighted by molar-refractivity contribution is 7.27. The van der Waals surface area contributed by atoms with E-state index in [1.54, 1.807) is 11.3 Å². The summed E-state index contributed by atoms with van der Waals surface area (Å²) < 4.78 is 5.12. The van der Waals surface area contributed by atoms with Crippen LogP contribution < -0.4 is 0 Å². The molecular formula is C42H27N3S2. The minimum absolute atomic E-state index is 0.917. The molecule has 2 aliphatic carbocycles. The van der Waals surface area contributed by atoms with Crippen LogP contribution in [0.4, 0.5) is 0 Å². The number of rotatable bonds is 2. The van der Waals surface area contributed by atoms with Crippen molar-refractivity contribution in [3.05, 3.63) is 125 Å². The number of benzene rings is 5. The third kappa shape index (κ3) is 3.56. The zero-order valence-electron chi connectivity index (χ0n) is 25.5. The van der Waals surface area contributed by atoms with Gasteiger partial charge in [0.25, 0.3) is 0 Å². The summed E-state index contributed by atoms with van der Waals surface area (Å²) in [7, 11) is 0. The second kappa shape index (κ2) is 9.71. The molecule has 0 aliphatic heterocycles. The molecule has 0 radical (unpaired) electrons. The third-order valence-electron chi connectivity index (χ3n) is 10.1. The van der Waals surface area contributed by atoms with Gasteiger partial charge in [0.05, 0.1) is 15.7 Å². The van der Waals surface area contributed by atoms with Gasteiger partial charge in [-0.05, 0) is 71.4 Å². The van der Waals surface area contributed by atoms with E-state index in [4.69, 9.17) is 9.97 Å². The molecule has 4 aromatic heterocycles. The summed E-state index contributed by atoms with van der Waals surface area (Å²) in [6.45, 7) is 0. The van der Waals surface area contributed by atoms with Gasteiger partial charge in [-0.25, -0.2) is 9.97 Å². The monoisotopic (exact) mass is 637 g/mol. The van der Waals surface area contributed by atoms with Crippen molar-refractivity contribution in [3.8, 4) is 17.1 Å². The van der Waals surface area contributed by atoms with Crippen LogP contribution in [0.5, 0.6) is 0 Å². The van der Waals surface area contributed by atoms with Gasteiger partial charge in [0, 0.05) is 36.7 Å². The van der Waals surface area contributed by atoms with Crippen molar-refractivity contribution >= 4 is 97.9 Å². The molecular weight excluding hydrogens is 611 g/mol. The predicted octanol–water partition coefficient (Wildman–Crippen LogP) is 11.9. The first-order valence-corrected chi connectivity index (χ1v) is 18.0. The van der Waals surface area contributed by atoms with Crippen molar-refractivity contribution in [2.75, 3.05) is 0 Å². The first kappa shape index (κ1) is 26.0. The van der Waals surface area contributed by atoms with Crippen LogP contribution in [0.15, 0.2) is 103 Å². The van der Waals surface area contributed by atoms with Gasteiger partial charge < -0.3 is 0 Å². The Bertz CT molecular complexity index is 2850. The summed E-state index contributed by atoms with van der Waals surface area (Å²) >= 11 is 3.69. The standard InChI is InChI=1S/C42H27N3S2/c1-2-13-25(14-3-1)37-41(43-38-30-19-9-11-21-32(30)47-42(38)44-37)45-31-20-10-8-18-29(31)34-27-16-6-7-17-28(27)36-35-26-15-5-4-12-24(26)22-23-33(35)46-40(36)39(34)45/h1-5,7-8,10-15,17-18,20-23H,6,9,16,19H2. The molecule has 222 valence electrons. The number of fused-ring (bicyclic) bond motifs is 15. The Morgan fingerprint density at radius 1 is 0.638 bits per heavy atom. The molecule has 0 N–H and O–H groups in total. The van der Waals surface area contributed by atoms with Gasteiger partial charge in [-0.3, -0.25) is 4.57 Å². The lowest BCUT2D eigenvalue weighted by Gasteiger charge is -2.17. The lowest BCUT2D eigenvalue weighted by molar-refractivity contribution is 0.993. The highest BCUT2D eigenvalue weighted by Gasteiger charge is 2.28. The van der Waals surface area contributed by atoms with Gasteiger partial charge in [0.15, 0.2) is 5.82 Å². The number of nitrogens with zero attached hydrogens (tertiary/aromatic N) is 3. The summed E-state index contributed by atoms with van der Waals surface area (Å²) in [4.78, 5) is 13.4. The Balaban J connectivity index is 1.39. The average molecular weight is 638 g/mol. The maximum absolute atomic E-state index is 5.66. The first-order valence-electron chi connectivity index (χ1n) is 16.4. The maximum atomic E-state index is 5.66. The number of thiophene rings is 2. The van der Waals surface area contributed by atoms with Crippen molar-refractivity contribution in [2.24, 2.45) is 0 Å². The normalized spacial score (nSPS) is 14.3. The second-order valence-electron chi connectivity index (χ2n) is 12.7. The van der Waals surface area contributed by atoms with Crippen LogP contribution in [0.25, 0.3) is 92.3 Å². The number of hydrogen-bond acceptors (Lipinski definition) is 4. The van der Waals surface area contributed by atoms with Gasteiger partial charge in [-0.2, -0.15) is 0 Å². The highest BCUT2D eigenvalue weighted by Crippen LogP contribution is 2.50. The van der Waals surface area contributed by atoms with E-state index in [0.717, 1.165) is 53.1 Å². The largest absolute Gasteiger partial charge is 0.290 e. The van der Waals surface area contributed by atoms with E-state index in [2.05, 4.69) is 120 Å². The maximum Gasteiger partial charge on any atom is 0.165 e. The second-order valence-corrected chi connectivity index (χ2v) is 14.8. The molecule has 0 saturated carbocycles. The zero-order valence-corrected chi connectivity index (χ0v) is 27.1. The molecule has 9 aromatic rings. The van der Waals surface area contributed by atoms with E-state index >= 15 is 0 Å². The Kier molecular flexibility index (Phi) is 5.37. The van der Waals surface area contributed by atoms with Crippen LogP contribution in [-0.2, 0) is 12.8 Å². The molecule has 2 aliphatic rings. The molecule has 0 spiro atoms. The molecule has 0 saturated heterocycles. The van der Waals surface area contributed by atoms with Crippen molar-refractivity contribution in [1.29, 1.82) is 0 Å². The van der Waals surface area contributed by atoms with Gasteiger partial charge in [-0.1, -0.05) is 97.1 Å². The Morgan fingerprint density at radius 3 is 2.34 bits per heavy atom.